The summed E-state index contributed by atoms with van der Waals surface area (Å²) >= 11 is 0. The van der Waals surface area contributed by atoms with Gasteiger partial charge in [0.05, 0.1) is 0 Å². The van der Waals surface area contributed by atoms with Crippen molar-refractivity contribution in [3.63, 3.8) is 0 Å². The Morgan fingerprint density at radius 2 is 1.88 bits per heavy atom. The van der Waals surface area contributed by atoms with E-state index in [2.05, 4.69) is 10.2 Å². The molecule has 1 aliphatic heterocycles. The molecule has 9 heteroatoms. The highest BCUT2D eigenvalue weighted by molar-refractivity contribution is 7.89. The van der Waals surface area contributed by atoms with Crippen LogP contribution < -0.4 is 10.2 Å². The second kappa shape index (κ2) is 7.83. The summed E-state index contributed by atoms with van der Waals surface area (Å²) < 4.78 is 26.0. The summed E-state index contributed by atoms with van der Waals surface area (Å²) in [7, 11) is -3.77. The number of nitrogens with one attached hydrogen (secondary N) is 1. The Hall–Kier alpha value is -2.13. The van der Waals surface area contributed by atoms with Gasteiger partial charge in [-0.1, -0.05) is 12.1 Å². The average Bonchev–Trinajstić information content (AvgIpc) is 2.54. The topological polar surface area (TPSA) is 107 Å². The predicted molar refractivity (Wildman–Crippen MR) is 94.0 cm³/mol. The molecule has 1 aliphatic rings. The molecule has 25 heavy (non-hydrogen) atoms. The van der Waals surface area contributed by atoms with Crippen LogP contribution in [0.1, 0.15) is 12.5 Å². The number of anilines is 1. The van der Waals surface area contributed by atoms with Crippen molar-refractivity contribution in [3.8, 4) is 0 Å². The van der Waals surface area contributed by atoms with Gasteiger partial charge in [0.15, 0.2) is 0 Å². The number of aliphatic carboxylic acids is 1. The molecule has 0 unspecified atom stereocenters. The standard InChI is InChI=1S/C16H23N3O5S/c1-12-4-3-5-14(10-12)18-6-8-19(9-7-18)25(23,24)11-15(20)17-13(2)16(21)22/h3-5,10,13H,6-9,11H2,1-2H3,(H,17,20)(H,21,22)/t13-/m0/s1. The van der Waals surface area contributed by atoms with Crippen molar-refractivity contribution in [3.05, 3.63) is 29.8 Å². The summed E-state index contributed by atoms with van der Waals surface area (Å²) in [6.45, 7) is 4.94. The maximum atomic E-state index is 12.3. The molecule has 1 fully saturated rings. The Morgan fingerprint density at radius 1 is 1.24 bits per heavy atom. The van der Waals surface area contributed by atoms with Crippen molar-refractivity contribution in [1.82, 2.24) is 9.62 Å². The van der Waals surface area contributed by atoms with E-state index in [4.69, 9.17) is 5.11 Å². The second-order valence-electron chi connectivity index (χ2n) is 6.11. The Bertz CT molecular complexity index is 742. The molecule has 2 N–H and O–H groups in total. The number of benzene rings is 1. The number of carboxylic acid groups (broad SMARTS) is 1. The number of carbonyl (C=O) groups is 2. The fraction of sp³-hybridized carbons (Fsp3) is 0.500. The van der Waals surface area contributed by atoms with Crippen LogP contribution in [0.15, 0.2) is 24.3 Å². The number of piperazine rings is 1. The van der Waals surface area contributed by atoms with Crippen molar-refractivity contribution in [1.29, 1.82) is 0 Å². The lowest BCUT2D eigenvalue weighted by molar-refractivity contribution is -0.140. The molecule has 0 radical (unpaired) electrons. The molecule has 1 heterocycles. The van der Waals surface area contributed by atoms with Crippen molar-refractivity contribution >= 4 is 27.6 Å². The highest BCUT2D eigenvalue weighted by Crippen LogP contribution is 2.19. The number of carbonyl (C=O) groups excluding carboxylic acids is 1. The minimum Gasteiger partial charge on any atom is -0.480 e. The molecule has 138 valence electrons. The van der Waals surface area contributed by atoms with E-state index in [0.29, 0.717) is 13.1 Å². The van der Waals surface area contributed by atoms with E-state index < -0.39 is 33.7 Å². The van der Waals surface area contributed by atoms with Gasteiger partial charge in [-0.2, -0.15) is 4.31 Å². The number of carboxylic acids is 1. The predicted octanol–water partition coefficient (Wildman–Crippen LogP) is 0.0361. The van der Waals surface area contributed by atoms with Gasteiger partial charge in [0, 0.05) is 31.9 Å². The Kier molecular flexibility index (Phi) is 6.02. The molecule has 0 saturated carbocycles. The first kappa shape index (κ1) is 19.2. The molecular weight excluding hydrogens is 346 g/mol. The lowest BCUT2D eigenvalue weighted by atomic mass is 10.2. The lowest BCUT2D eigenvalue weighted by Gasteiger charge is -2.35. The zero-order valence-corrected chi connectivity index (χ0v) is 15.1. The highest BCUT2D eigenvalue weighted by Gasteiger charge is 2.29. The van der Waals surface area contributed by atoms with Crippen LogP contribution in [0.3, 0.4) is 0 Å². The Labute approximate surface area is 147 Å². The molecule has 0 aliphatic carbocycles. The number of rotatable bonds is 6. The van der Waals surface area contributed by atoms with Crippen LogP contribution in [-0.4, -0.2) is 67.7 Å². The fourth-order valence-electron chi connectivity index (χ4n) is 2.65. The van der Waals surface area contributed by atoms with Crippen LogP contribution in [0.4, 0.5) is 5.69 Å². The second-order valence-corrected chi connectivity index (χ2v) is 8.08. The maximum Gasteiger partial charge on any atom is 0.325 e. The maximum absolute atomic E-state index is 12.3. The fourth-order valence-corrected chi connectivity index (χ4v) is 3.97. The molecular formula is C16H23N3O5S. The summed E-state index contributed by atoms with van der Waals surface area (Å²) in [6.07, 6.45) is 0. The monoisotopic (exact) mass is 369 g/mol. The van der Waals surface area contributed by atoms with Gasteiger partial charge in [-0.3, -0.25) is 9.59 Å². The van der Waals surface area contributed by atoms with Crippen molar-refractivity contribution in [2.75, 3.05) is 36.8 Å². The minimum atomic E-state index is -3.77. The molecule has 1 amide bonds. The minimum absolute atomic E-state index is 0.290. The van der Waals surface area contributed by atoms with Crippen molar-refractivity contribution in [2.24, 2.45) is 0 Å². The van der Waals surface area contributed by atoms with Gasteiger partial charge in [0.2, 0.25) is 15.9 Å². The SMILES string of the molecule is Cc1cccc(N2CCN(S(=O)(=O)CC(=O)N[C@@H](C)C(=O)O)CC2)c1. The number of aryl methyl sites for hydroxylation is 1. The summed E-state index contributed by atoms with van der Waals surface area (Å²) in [5.41, 5.74) is 2.18. The van der Waals surface area contributed by atoms with Gasteiger partial charge < -0.3 is 15.3 Å². The van der Waals surface area contributed by atoms with E-state index in [1.165, 1.54) is 11.2 Å². The molecule has 0 bridgehead atoms. The smallest absolute Gasteiger partial charge is 0.325 e. The molecule has 1 saturated heterocycles. The van der Waals surface area contributed by atoms with E-state index in [1.54, 1.807) is 0 Å². The lowest BCUT2D eigenvalue weighted by Crippen LogP contribution is -2.51. The number of amides is 1. The normalized spacial score (nSPS) is 17.1. The quantitative estimate of drug-likeness (QED) is 0.733. The largest absolute Gasteiger partial charge is 0.480 e. The highest BCUT2D eigenvalue weighted by atomic mass is 32.2. The zero-order valence-electron chi connectivity index (χ0n) is 14.3. The summed E-state index contributed by atoms with van der Waals surface area (Å²) in [4.78, 5) is 24.6. The molecule has 0 aromatic heterocycles. The third kappa shape index (κ3) is 5.17. The van der Waals surface area contributed by atoms with Gasteiger partial charge in [-0.15, -0.1) is 0 Å². The Morgan fingerprint density at radius 3 is 2.44 bits per heavy atom. The summed E-state index contributed by atoms with van der Waals surface area (Å²) in [6, 6.07) is 6.87. The average molecular weight is 369 g/mol. The first-order chi connectivity index (χ1) is 11.7. The van der Waals surface area contributed by atoms with Crippen molar-refractivity contribution in [2.45, 2.75) is 19.9 Å². The molecule has 1 aromatic carbocycles. The molecule has 8 nitrogen and oxygen atoms in total. The number of hydrogen-bond acceptors (Lipinski definition) is 5. The van der Waals surface area contributed by atoms with Crippen molar-refractivity contribution < 1.29 is 23.1 Å². The molecule has 0 spiro atoms. The first-order valence-corrected chi connectivity index (χ1v) is 9.61. The van der Waals surface area contributed by atoms with Crippen LogP contribution in [0.25, 0.3) is 0 Å². The van der Waals surface area contributed by atoms with E-state index in [9.17, 15) is 18.0 Å². The van der Waals surface area contributed by atoms with Crippen LogP contribution in [0, 0.1) is 6.92 Å². The van der Waals surface area contributed by atoms with Crippen LogP contribution in [0.5, 0.6) is 0 Å². The zero-order chi connectivity index (χ0) is 18.6. The van der Waals surface area contributed by atoms with Gasteiger partial charge in [-0.05, 0) is 31.5 Å². The summed E-state index contributed by atoms with van der Waals surface area (Å²) in [5.74, 6) is -2.76. The van der Waals surface area contributed by atoms with Gasteiger partial charge in [0.25, 0.3) is 0 Å². The molecule has 1 atom stereocenters. The molecule has 1 aromatic rings. The van der Waals surface area contributed by atoms with E-state index in [0.717, 1.165) is 11.3 Å². The number of nitrogens with zero attached hydrogens (tertiary/aromatic N) is 2. The number of sulfonamides is 1. The van der Waals surface area contributed by atoms with Crippen LogP contribution >= 0.6 is 0 Å². The Balaban J connectivity index is 1.92. The molecule has 2 rings (SSSR count). The van der Waals surface area contributed by atoms with E-state index in [-0.39, 0.29) is 13.1 Å². The van der Waals surface area contributed by atoms with Crippen LogP contribution in [-0.2, 0) is 19.6 Å². The first-order valence-electron chi connectivity index (χ1n) is 8.00. The third-order valence-electron chi connectivity index (χ3n) is 4.06. The van der Waals surface area contributed by atoms with Gasteiger partial charge in [-0.25, -0.2) is 8.42 Å². The van der Waals surface area contributed by atoms with Gasteiger partial charge >= 0.3 is 5.97 Å². The van der Waals surface area contributed by atoms with Crippen LogP contribution in [0.2, 0.25) is 0 Å². The van der Waals surface area contributed by atoms with E-state index in [1.807, 2.05) is 31.2 Å². The third-order valence-corrected chi connectivity index (χ3v) is 5.84. The van der Waals surface area contributed by atoms with E-state index >= 15 is 0 Å². The number of hydrogen-bond donors (Lipinski definition) is 2. The van der Waals surface area contributed by atoms with Gasteiger partial charge in [0.1, 0.15) is 11.8 Å². The summed E-state index contributed by atoms with van der Waals surface area (Å²) in [5, 5.41) is 10.9.